The largest absolute Gasteiger partial charge is 0.474 e. The Kier molecular flexibility index (Phi) is 9.87. The molecule has 1 aromatic carbocycles. The summed E-state index contributed by atoms with van der Waals surface area (Å²) in [6, 6.07) is 14.6. The van der Waals surface area contributed by atoms with Gasteiger partial charge >= 0.3 is 6.09 Å². The monoisotopic (exact) mass is 687 g/mol. The Balaban J connectivity index is 0.925. The maximum absolute atomic E-state index is 12.4. The van der Waals surface area contributed by atoms with Crippen molar-refractivity contribution in [3.05, 3.63) is 48.7 Å². The molecule has 0 radical (unpaired) electrons. The van der Waals surface area contributed by atoms with Crippen LogP contribution in [0.25, 0.3) is 11.3 Å². The summed E-state index contributed by atoms with van der Waals surface area (Å²) in [5.41, 5.74) is 9.51. The number of aromatic nitrogens is 3. The Morgan fingerprint density at radius 3 is 2.40 bits per heavy atom. The molecule has 5 heterocycles. The summed E-state index contributed by atoms with van der Waals surface area (Å²) < 4.78 is 29.1. The highest BCUT2D eigenvalue weighted by Crippen LogP contribution is 2.40. The highest BCUT2D eigenvalue weighted by Gasteiger charge is 2.41. The van der Waals surface area contributed by atoms with Crippen LogP contribution in [0.4, 0.5) is 22.0 Å². The number of nitrogens with zero attached hydrogens (tertiary/aromatic N) is 6. The normalized spacial score (nSPS) is 23.8. The first kappa shape index (κ1) is 34.1. The lowest BCUT2D eigenvalue weighted by Crippen LogP contribution is -2.54. The van der Waals surface area contributed by atoms with Gasteiger partial charge in [0.05, 0.1) is 23.6 Å². The number of methoxy groups -OCH3 is 1. The molecule has 0 spiro atoms. The van der Waals surface area contributed by atoms with E-state index in [0.29, 0.717) is 48.3 Å². The number of nitrogens with two attached hydrogens (primary N) is 1. The number of hydrogen-bond donors (Lipinski definition) is 1. The molecule has 2 aromatic heterocycles. The molecule has 1 aliphatic carbocycles. The molecule has 1 saturated carbocycles. The number of para-hydroxylation sites is 1. The number of rotatable bonds is 10. The Labute approximate surface area is 294 Å². The lowest BCUT2D eigenvalue weighted by atomic mass is 9.91. The van der Waals surface area contributed by atoms with Gasteiger partial charge in [0.2, 0.25) is 5.88 Å². The van der Waals surface area contributed by atoms with Crippen LogP contribution in [0.1, 0.15) is 59.3 Å². The molecule has 4 aliphatic rings. The summed E-state index contributed by atoms with van der Waals surface area (Å²) in [5, 5.41) is 8.75. The molecule has 2 atom stereocenters. The van der Waals surface area contributed by atoms with Gasteiger partial charge in [-0.25, -0.2) is 9.78 Å². The summed E-state index contributed by atoms with van der Waals surface area (Å²) in [7, 11) is 1.60. The first-order valence-electron chi connectivity index (χ1n) is 17.8. The van der Waals surface area contributed by atoms with Crippen LogP contribution in [0.5, 0.6) is 11.6 Å². The molecule has 13 nitrogen and oxygen atoms in total. The van der Waals surface area contributed by atoms with Gasteiger partial charge in [-0.1, -0.05) is 12.1 Å². The van der Waals surface area contributed by atoms with Crippen LogP contribution in [0.2, 0.25) is 0 Å². The number of piperazine rings is 1. The lowest BCUT2D eigenvalue weighted by molar-refractivity contribution is -0.110. The molecule has 268 valence electrons. The minimum Gasteiger partial charge on any atom is -0.474 e. The second-order valence-electron chi connectivity index (χ2n) is 14.7. The molecule has 3 saturated heterocycles. The summed E-state index contributed by atoms with van der Waals surface area (Å²) in [4.78, 5) is 23.6. The molecule has 3 aromatic rings. The number of fused-ring (bicyclic) bond motifs is 2. The third-order valence-corrected chi connectivity index (χ3v) is 9.95. The number of nitrogen functional groups attached to an aromatic ring is 1. The lowest BCUT2D eigenvalue weighted by Gasteiger charge is -2.43. The predicted octanol–water partition coefficient (Wildman–Crippen LogP) is 5.29. The van der Waals surface area contributed by atoms with Crippen LogP contribution in [0, 0.1) is 0 Å². The first-order valence-corrected chi connectivity index (χ1v) is 17.8. The Morgan fingerprint density at radius 2 is 1.68 bits per heavy atom. The van der Waals surface area contributed by atoms with Gasteiger partial charge in [-0.2, -0.15) is 0 Å². The second-order valence-corrected chi connectivity index (χ2v) is 14.7. The molecule has 2 unspecified atom stereocenters. The van der Waals surface area contributed by atoms with Gasteiger partial charge in [-0.05, 0) is 70.7 Å². The number of hydrogen-bond acceptors (Lipinski definition) is 12. The van der Waals surface area contributed by atoms with E-state index in [1.165, 1.54) is 0 Å². The van der Waals surface area contributed by atoms with E-state index in [2.05, 4.69) is 37.1 Å². The molecule has 2 N–H and O–H groups in total. The van der Waals surface area contributed by atoms with E-state index in [1.807, 2.05) is 57.3 Å². The van der Waals surface area contributed by atoms with E-state index >= 15 is 0 Å². The first-order chi connectivity index (χ1) is 24.1. The average molecular weight is 688 g/mol. The number of amides is 1. The third kappa shape index (κ3) is 7.68. The molecule has 2 bridgehead atoms. The zero-order valence-corrected chi connectivity index (χ0v) is 29.5. The van der Waals surface area contributed by atoms with Crippen LogP contribution < -0.4 is 25.0 Å². The standard InChI is InChI=1S/C37H49N7O6/c1-37(2,3)50-36(45)42-15-12-27(13-16-42)48-28-18-29(19-28)49-34-17-24(11-14-39-34)44-25-9-10-26(44)22-43(21-25)32-20-31(40-41-35(32)38)30-7-5-6-8-33(30)47-23-46-4/h5-8,11,14,17,20,25-29H,9-10,12-13,15-16,18-19,21-23H2,1-4H3,(H2,38,41). The van der Waals surface area contributed by atoms with E-state index < -0.39 is 5.60 Å². The number of benzene rings is 1. The second kappa shape index (κ2) is 14.5. The predicted molar refractivity (Wildman–Crippen MR) is 189 cm³/mol. The van der Waals surface area contributed by atoms with Crippen LogP contribution >= 0.6 is 0 Å². The molecule has 50 heavy (non-hydrogen) atoms. The van der Waals surface area contributed by atoms with Crippen molar-refractivity contribution < 1.29 is 28.5 Å². The van der Waals surface area contributed by atoms with Crippen LogP contribution in [-0.4, -0.2) is 102 Å². The number of carbonyl (C=O) groups is 1. The van der Waals surface area contributed by atoms with Gasteiger partial charge < -0.3 is 44.1 Å². The average Bonchev–Trinajstić information content (AvgIpc) is 3.35. The molecular weight excluding hydrogens is 638 g/mol. The van der Waals surface area contributed by atoms with Crippen LogP contribution in [0.15, 0.2) is 48.7 Å². The van der Waals surface area contributed by atoms with Crippen molar-refractivity contribution in [1.82, 2.24) is 20.1 Å². The van der Waals surface area contributed by atoms with E-state index in [0.717, 1.165) is 68.6 Å². The zero-order chi connectivity index (χ0) is 34.8. The Hall–Kier alpha value is -4.36. The number of piperidine rings is 1. The smallest absolute Gasteiger partial charge is 0.410 e. The molecule has 4 fully saturated rings. The molecule has 1 amide bonds. The van der Waals surface area contributed by atoms with Gasteiger partial charge in [-0.15, -0.1) is 10.2 Å². The van der Waals surface area contributed by atoms with Gasteiger partial charge in [0.15, 0.2) is 12.6 Å². The fourth-order valence-corrected chi connectivity index (χ4v) is 7.52. The van der Waals surface area contributed by atoms with Crippen LogP contribution in [-0.2, 0) is 14.2 Å². The summed E-state index contributed by atoms with van der Waals surface area (Å²) in [6.45, 7) is 8.79. The van der Waals surface area contributed by atoms with Gasteiger partial charge in [0.1, 0.15) is 17.5 Å². The van der Waals surface area contributed by atoms with Crippen LogP contribution in [0.3, 0.4) is 0 Å². The van der Waals surface area contributed by atoms with Crippen molar-refractivity contribution >= 4 is 23.3 Å². The van der Waals surface area contributed by atoms with Gasteiger partial charge in [0.25, 0.3) is 0 Å². The molecular formula is C37H49N7O6. The third-order valence-electron chi connectivity index (χ3n) is 9.95. The summed E-state index contributed by atoms with van der Waals surface area (Å²) in [6.07, 6.45) is 7.54. The number of ether oxygens (including phenoxy) is 5. The highest BCUT2D eigenvalue weighted by molar-refractivity contribution is 5.75. The minimum atomic E-state index is -0.484. The fourth-order valence-electron chi connectivity index (χ4n) is 7.52. The number of carbonyl (C=O) groups excluding carboxylic acids is 1. The zero-order valence-electron chi connectivity index (χ0n) is 29.5. The van der Waals surface area contributed by atoms with E-state index in [1.54, 1.807) is 12.0 Å². The molecule has 7 rings (SSSR count). The quantitative estimate of drug-likeness (QED) is 0.277. The summed E-state index contributed by atoms with van der Waals surface area (Å²) >= 11 is 0. The van der Waals surface area contributed by atoms with Crippen molar-refractivity contribution in [2.45, 2.75) is 95.3 Å². The van der Waals surface area contributed by atoms with E-state index in [-0.39, 0.29) is 31.2 Å². The highest BCUT2D eigenvalue weighted by atomic mass is 16.7. The Morgan fingerprint density at radius 1 is 0.940 bits per heavy atom. The van der Waals surface area contributed by atoms with Crippen molar-refractivity contribution in [1.29, 1.82) is 0 Å². The van der Waals surface area contributed by atoms with E-state index in [9.17, 15) is 4.79 Å². The molecule has 13 heteroatoms. The van der Waals surface area contributed by atoms with Crippen molar-refractivity contribution in [2.24, 2.45) is 0 Å². The van der Waals surface area contributed by atoms with Gasteiger partial charge in [0, 0.05) is 81.7 Å². The fraction of sp³-hybridized carbons (Fsp3) is 0.568. The molecule has 3 aliphatic heterocycles. The maximum atomic E-state index is 12.4. The number of likely N-dealkylation sites (tertiary alicyclic amines) is 1. The SMILES string of the molecule is COCOc1ccccc1-c1cc(N2CC3CCC(C2)N3c2ccnc(OC3CC(OC4CCN(C(=O)OC(C)(C)C)CC4)C3)c2)c(N)nn1. The van der Waals surface area contributed by atoms with Gasteiger partial charge in [-0.3, -0.25) is 0 Å². The van der Waals surface area contributed by atoms with Crippen molar-refractivity contribution in [2.75, 3.05) is 55.6 Å². The topological polar surface area (TPSA) is 138 Å². The maximum Gasteiger partial charge on any atom is 0.410 e. The summed E-state index contributed by atoms with van der Waals surface area (Å²) in [5.74, 6) is 1.76. The van der Waals surface area contributed by atoms with Crippen molar-refractivity contribution in [3.8, 4) is 22.9 Å². The number of anilines is 3. The van der Waals surface area contributed by atoms with E-state index in [4.69, 9.17) is 29.4 Å². The van der Waals surface area contributed by atoms with Crippen molar-refractivity contribution in [3.63, 3.8) is 0 Å². The minimum absolute atomic E-state index is 0.0829. The number of pyridine rings is 1. The Bertz CT molecular complexity index is 1620.